The predicted molar refractivity (Wildman–Crippen MR) is 142 cm³/mol. The monoisotopic (exact) mass is 561 g/mol. The average molecular weight is 561 g/mol. The number of phenolic OH excluding ortho intramolecular Hbond substituents is 1. The molecule has 9 nitrogen and oxygen atoms in total. The second kappa shape index (κ2) is 9.70. The van der Waals surface area contributed by atoms with Crippen LogP contribution in [0.2, 0.25) is 0 Å². The van der Waals surface area contributed by atoms with E-state index in [1.807, 2.05) is 0 Å². The van der Waals surface area contributed by atoms with Gasteiger partial charge in [0.15, 0.2) is 5.65 Å². The Morgan fingerprint density at radius 1 is 0.951 bits per heavy atom. The molecule has 0 fully saturated rings. The van der Waals surface area contributed by atoms with Crippen LogP contribution in [0.5, 0.6) is 5.75 Å². The maximum atomic E-state index is 14.2. The minimum absolute atomic E-state index is 0.0305. The average Bonchev–Trinajstić information content (AvgIpc) is 3.30. The molecule has 41 heavy (non-hydrogen) atoms. The zero-order valence-corrected chi connectivity index (χ0v) is 21.0. The summed E-state index contributed by atoms with van der Waals surface area (Å²) in [5, 5.41) is 15.0. The maximum absolute atomic E-state index is 14.2. The third kappa shape index (κ3) is 4.71. The van der Waals surface area contributed by atoms with Crippen molar-refractivity contribution in [2.24, 2.45) is 0 Å². The van der Waals surface area contributed by atoms with Crippen molar-refractivity contribution in [2.75, 3.05) is 5.73 Å². The molecule has 0 saturated heterocycles. The number of hydrogen-bond donors (Lipinski definition) is 2. The van der Waals surface area contributed by atoms with E-state index in [1.165, 1.54) is 39.8 Å². The Hall–Kier alpha value is -5.33. The molecule has 0 aliphatic rings. The van der Waals surface area contributed by atoms with Gasteiger partial charge in [0.2, 0.25) is 0 Å². The Labute approximate surface area is 228 Å². The van der Waals surface area contributed by atoms with E-state index in [2.05, 4.69) is 20.1 Å². The van der Waals surface area contributed by atoms with Gasteiger partial charge in [0, 0.05) is 11.6 Å². The lowest BCUT2D eigenvalue weighted by molar-refractivity contribution is -0.138. The summed E-state index contributed by atoms with van der Waals surface area (Å²) in [4.78, 5) is 26.5. The number of nitrogens with two attached hydrogens (primary N) is 1. The van der Waals surface area contributed by atoms with E-state index in [0.29, 0.717) is 5.52 Å². The Balaban J connectivity index is 1.55. The number of nitrogen functional groups attached to an aromatic ring is 1. The first kappa shape index (κ1) is 25.9. The maximum Gasteiger partial charge on any atom is 0.416 e. The molecule has 0 aliphatic heterocycles. The van der Waals surface area contributed by atoms with Gasteiger partial charge in [-0.2, -0.15) is 18.3 Å². The minimum Gasteiger partial charge on any atom is -0.508 e. The van der Waals surface area contributed by atoms with Crippen molar-refractivity contribution in [3.8, 4) is 17.0 Å². The van der Waals surface area contributed by atoms with Crippen LogP contribution in [-0.4, -0.2) is 34.4 Å². The van der Waals surface area contributed by atoms with Crippen LogP contribution in [0.4, 0.5) is 23.4 Å². The number of anilines is 1. The quantitative estimate of drug-likeness (QED) is 0.291. The largest absolute Gasteiger partial charge is 0.508 e. The number of hydrogen-bond acceptors (Lipinski definition) is 7. The van der Waals surface area contributed by atoms with Crippen LogP contribution in [0.25, 0.3) is 33.2 Å². The molecule has 3 aromatic heterocycles. The van der Waals surface area contributed by atoms with Crippen molar-refractivity contribution in [1.29, 1.82) is 0 Å². The normalized spacial score (nSPS) is 11.9. The molecule has 6 rings (SSSR count). The van der Waals surface area contributed by atoms with Crippen LogP contribution in [-0.2, 0) is 19.3 Å². The third-order valence-corrected chi connectivity index (χ3v) is 6.60. The summed E-state index contributed by atoms with van der Waals surface area (Å²) in [6.45, 7) is -0.620. The fraction of sp³-hybridized carbons (Fsp3) is 0.107. The summed E-state index contributed by atoms with van der Waals surface area (Å²) >= 11 is 0. The molecule has 0 amide bonds. The molecular weight excluding hydrogens is 542 g/mol. The lowest BCUT2D eigenvalue weighted by Crippen LogP contribution is -2.28. The number of rotatable bonds is 5. The molecule has 0 radical (unpaired) electrons. The zero-order chi connectivity index (χ0) is 28.9. The summed E-state index contributed by atoms with van der Waals surface area (Å²) in [6.07, 6.45) is -3.44. The number of nitrogens with zero attached hydrogens (tertiary/aromatic N) is 6. The number of fused-ring (bicyclic) bond motifs is 2. The highest BCUT2D eigenvalue weighted by molar-refractivity contribution is 5.98. The zero-order valence-electron chi connectivity index (χ0n) is 21.0. The SMILES string of the molecule is Nc1ncnc2c1c(-c1cc(O)cc(F)c1)nn2Cc1nc2ccccc2c(=O)n1Cc1ccccc1C(F)(F)F. The van der Waals surface area contributed by atoms with Gasteiger partial charge in [-0.15, -0.1) is 0 Å². The number of aromatic nitrogens is 6. The lowest BCUT2D eigenvalue weighted by atomic mass is 10.1. The van der Waals surface area contributed by atoms with Gasteiger partial charge >= 0.3 is 6.18 Å². The molecule has 0 atom stereocenters. The Kier molecular flexibility index (Phi) is 6.13. The highest BCUT2D eigenvalue weighted by Gasteiger charge is 2.33. The van der Waals surface area contributed by atoms with Crippen LogP contribution in [0, 0.1) is 5.82 Å². The Morgan fingerprint density at radius 3 is 2.49 bits per heavy atom. The van der Waals surface area contributed by atoms with Gasteiger partial charge in [-0.1, -0.05) is 30.3 Å². The minimum atomic E-state index is -4.64. The van der Waals surface area contributed by atoms with E-state index < -0.39 is 29.7 Å². The predicted octanol–water partition coefficient (Wildman–Crippen LogP) is 4.75. The van der Waals surface area contributed by atoms with Gasteiger partial charge < -0.3 is 10.8 Å². The second-order valence-corrected chi connectivity index (χ2v) is 9.25. The van der Waals surface area contributed by atoms with E-state index in [-0.39, 0.29) is 57.2 Å². The third-order valence-electron chi connectivity index (χ3n) is 6.60. The first-order valence-corrected chi connectivity index (χ1v) is 12.2. The van der Waals surface area contributed by atoms with Crippen LogP contribution >= 0.6 is 0 Å². The standard InChI is InChI=1S/C28H19F4N7O2/c29-17-9-16(10-18(40)11-17)24-23-25(33)34-14-35-26(23)39(37-24)13-22-36-21-8-4-2-6-19(21)27(41)38(22)12-15-5-1-3-7-20(15)28(30,31)32/h1-11,14,40H,12-13H2,(H2,33,34,35). The molecule has 0 unspecified atom stereocenters. The molecule has 3 aromatic carbocycles. The topological polar surface area (TPSA) is 125 Å². The molecule has 0 saturated carbocycles. The van der Waals surface area contributed by atoms with Crippen LogP contribution < -0.4 is 11.3 Å². The van der Waals surface area contributed by atoms with E-state index >= 15 is 0 Å². The van der Waals surface area contributed by atoms with Crippen molar-refractivity contribution in [3.05, 3.63) is 106 Å². The molecular formula is C28H19F4N7O2. The Bertz CT molecular complexity index is 2000. The number of phenols is 1. The highest BCUT2D eigenvalue weighted by Crippen LogP contribution is 2.34. The molecule has 3 N–H and O–H groups in total. The fourth-order valence-corrected chi connectivity index (χ4v) is 4.79. The number of alkyl halides is 3. The van der Waals surface area contributed by atoms with Crippen molar-refractivity contribution < 1.29 is 22.7 Å². The molecule has 0 bridgehead atoms. The van der Waals surface area contributed by atoms with Crippen LogP contribution in [0.1, 0.15) is 17.0 Å². The van der Waals surface area contributed by atoms with Gasteiger partial charge in [-0.05, 0) is 35.9 Å². The summed E-state index contributed by atoms with van der Waals surface area (Å²) in [5.74, 6) is -0.929. The number of benzene rings is 3. The van der Waals surface area contributed by atoms with E-state index in [1.54, 1.807) is 24.3 Å². The Morgan fingerprint density at radius 2 is 1.71 bits per heavy atom. The smallest absolute Gasteiger partial charge is 0.416 e. The van der Waals surface area contributed by atoms with Crippen molar-refractivity contribution in [3.63, 3.8) is 0 Å². The van der Waals surface area contributed by atoms with Crippen LogP contribution in [0.3, 0.4) is 0 Å². The summed E-state index contributed by atoms with van der Waals surface area (Å²) in [5.41, 5.74) is 5.50. The van der Waals surface area contributed by atoms with E-state index in [9.17, 15) is 27.5 Å². The molecule has 6 aromatic rings. The summed E-state index contributed by atoms with van der Waals surface area (Å²) in [6, 6.07) is 14.9. The summed E-state index contributed by atoms with van der Waals surface area (Å²) in [7, 11) is 0. The van der Waals surface area contributed by atoms with E-state index in [4.69, 9.17) is 5.73 Å². The molecule has 0 aliphatic carbocycles. The van der Waals surface area contributed by atoms with Gasteiger partial charge in [0.1, 0.15) is 41.8 Å². The van der Waals surface area contributed by atoms with Gasteiger partial charge in [0.25, 0.3) is 5.56 Å². The van der Waals surface area contributed by atoms with Gasteiger partial charge in [0.05, 0.1) is 28.4 Å². The molecule has 0 spiro atoms. The van der Waals surface area contributed by atoms with Gasteiger partial charge in [-0.25, -0.2) is 24.0 Å². The number of aromatic hydroxyl groups is 1. The molecule has 13 heteroatoms. The highest BCUT2D eigenvalue weighted by atomic mass is 19.4. The van der Waals surface area contributed by atoms with Crippen LogP contribution in [0.15, 0.2) is 77.9 Å². The summed E-state index contributed by atoms with van der Waals surface area (Å²) < 4.78 is 58.1. The number of halogens is 4. The fourth-order valence-electron chi connectivity index (χ4n) is 4.79. The second-order valence-electron chi connectivity index (χ2n) is 9.25. The lowest BCUT2D eigenvalue weighted by Gasteiger charge is -2.17. The van der Waals surface area contributed by atoms with Crippen molar-refractivity contribution in [2.45, 2.75) is 19.3 Å². The van der Waals surface area contributed by atoms with Crippen molar-refractivity contribution >= 4 is 27.8 Å². The van der Waals surface area contributed by atoms with Crippen molar-refractivity contribution in [1.82, 2.24) is 29.3 Å². The van der Waals surface area contributed by atoms with Gasteiger partial charge in [-0.3, -0.25) is 9.36 Å². The molecule has 206 valence electrons. The first-order chi connectivity index (χ1) is 19.6. The number of para-hydroxylation sites is 1. The van der Waals surface area contributed by atoms with E-state index in [0.717, 1.165) is 18.2 Å². The molecule has 3 heterocycles. The first-order valence-electron chi connectivity index (χ1n) is 12.2.